The van der Waals surface area contributed by atoms with Crippen molar-refractivity contribution in [1.29, 1.82) is 0 Å². The Bertz CT molecular complexity index is 381. The lowest BCUT2D eigenvalue weighted by Crippen LogP contribution is -2.42. The Morgan fingerprint density at radius 1 is 1.17 bits per heavy atom. The minimum Gasteiger partial charge on any atom is -0.328 e. The molecule has 0 aromatic rings. The molecule has 6 heteroatoms. The molecule has 1 aliphatic heterocycles. The molecule has 1 heterocycles. The molecule has 0 amide bonds. The van der Waals surface area contributed by atoms with Crippen molar-refractivity contribution < 1.29 is 8.42 Å². The summed E-state index contributed by atoms with van der Waals surface area (Å²) in [7, 11) is -3.25. The SMILES string of the molecule is CCN(CC)S(=O)(=O)N1C[C@H]2CC(N)CC[C@H]2C1. The molecule has 106 valence electrons. The normalized spacial score (nSPS) is 33.9. The van der Waals surface area contributed by atoms with Crippen LogP contribution < -0.4 is 5.73 Å². The number of rotatable bonds is 4. The first-order valence-electron chi connectivity index (χ1n) is 6.99. The van der Waals surface area contributed by atoms with Crippen molar-refractivity contribution in [2.45, 2.75) is 39.2 Å². The van der Waals surface area contributed by atoms with Crippen molar-refractivity contribution in [2.75, 3.05) is 26.2 Å². The molecule has 1 saturated heterocycles. The Morgan fingerprint density at radius 2 is 1.78 bits per heavy atom. The summed E-state index contributed by atoms with van der Waals surface area (Å²) in [5.41, 5.74) is 5.98. The molecule has 5 nitrogen and oxygen atoms in total. The van der Waals surface area contributed by atoms with Crippen molar-refractivity contribution in [3.05, 3.63) is 0 Å². The molecule has 0 spiro atoms. The van der Waals surface area contributed by atoms with Gasteiger partial charge in [0, 0.05) is 32.2 Å². The van der Waals surface area contributed by atoms with Crippen molar-refractivity contribution in [1.82, 2.24) is 8.61 Å². The van der Waals surface area contributed by atoms with Crippen molar-refractivity contribution in [3.8, 4) is 0 Å². The van der Waals surface area contributed by atoms with E-state index in [1.165, 1.54) is 0 Å². The average molecular weight is 275 g/mol. The minimum atomic E-state index is -3.25. The highest BCUT2D eigenvalue weighted by molar-refractivity contribution is 7.86. The molecular weight excluding hydrogens is 250 g/mol. The fourth-order valence-corrected chi connectivity index (χ4v) is 5.07. The van der Waals surface area contributed by atoms with Gasteiger partial charge in [-0.15, -0.1) is 0 Å². The zero-order valence-electron chi connectivity index (χ0n) is 11.4. The third-order valence-corrected chi connectivity index (χ3v) is 6.53. The molecule has 18 heavy (non-hydrogen) atoms. The van der Waals surface area contributed by atoms with E-state index in [-0.39, 0.29) is 6.04 Å². The summed E-state index contributed by atoms with van der Waals surface area (Å²) in [5, 5.41) is 0. The van der Waals surface area contributed by atoms with Crippen LogP contribution in [0, 0.1) is 11.8 Å². The van der Waals surface area contributed by atoms with Gasteiger partial charge >= 0.3 is 0 Å². The third kappa shape index (κ3) is 2.57. The van der Waals surface area contributed by atoms with Crippen molar-refractivity contribution in [2.24, 2.45) is 17.6 Å². The number of hydrogen-bond acceptors (Lipinski definition) is 3. The Labute approximate surface area is 110 Å². The molecule has 0 aromatic carbocycles. The van der Waals surface area contributed by atoms with E-state index >= 15 is 0 Å². The third-order valence-electron chi connectivity index (χ3n) is 4.41. The van der Waals surface area contributed by atoms with E-state index in [1.54, 1.807) is 8.61 Å². The molecule has 3 atom stereocenters. The molecule has 1 unspecified atom stereocenters. The van der Waals surface area contributed by atoms with Gasteiger partial charge in [-0.05, 0) is 31.1 Å². The fourth-order valence-electron chi connectivity index (χ4n) is 3.33. The molecule has 2 N–H and O–H groups in total. The minimum absolute atomic E-state index is 0.266. The van der Waals surface area contributed by atoms with Crippen LogP contribution in [0.4, 0.5) is 0 Å². The summed E-state index contributed by atoms with van der Waals surface area (Å²) in [6.07, 6.45) is 3.10. The average Bonchev–Trinajstić information content (AvgIpc) is 2.73. The van der Waals surface area contributed by atoms with E-state index in [9.17, 15) is 8.42 Å². The Balaban J connectivity index is 2.08. The Kier molecular flexibility index (Phi) is 4.31. The van der Waals surface area contributed by atoms with E-state index < -0.39 is 10.2 Å². The predicted molar refractivity (Wildman–Crippen MR) is 72.2 cm³/mol. The van der Waals surface area contributed by atoms with Crippen molar-refractivity contribution in [3.63, 3.8) is 0 Å². The van der Waals surface area contributed by atoms with Crippen LogP contribution in [0.15, 0.2) is 0 Å². The maximum Gasteiger partial charge on any atom is 0.281 e. The summed E-state index contributed by atoms with van der Waals surface area (Å²) in [4.78, 5) is 0. The van der Waals surface area contributed by atoms with Crippen LogP contribution in [0.3, 0.4) is 0 Å². The molecule has 0 radical (unpaired) electrons. The lowest BCUT2D eigenvalue weighted by atomic mass is 9.79. The quantitative estimate of drug-likeness (QED) is 0.818. The topological polar surface area (TPSA) is 66.6 Å². The second-order valence-corrected chi connectivity index (χ2v) is 7.43. The molecule has 1 aliphatic carbocycles. The highest BCUT2D eigenvalue weighted by Crippen LogP contribution is 2.37. The maximum atomic E-state index is 12.4. The molecule has 0 aromatic heterocycles. The molecular formula is C12H25N3O2S. The van der Waals surface area contributed by atoms with Gasteiger partial charge < -0.3 is 5.73 Å². The molecule has 2 rings (SSSR count). The first kappa shape index (κ1) is 14.2. The van der Waals surface area contributed by atoms with Gasteiger partial charge in [-0.3, -0.25) is 0 Å². The lowest BCUT2D eigenvalue weighted by molar-refractivity contribution is 0.271. The fraction of sp³-hybridized carbons (Fsp3) is 1.00. The highest BCUT2D eigenvalue weighted by atomic mass is 32.2. The van der Waals surface area contributed by atoms with Gasteiger partial charge in [0.15, 0.2) is 0 Å². The van der Waals surface area contributed by atoms with Crippen LogP contribution in [0.5, 0.6) is 0 Å². The van der Waals surface area contributed by atoms with Gasteiger partial charge in [-0.2, -0.15) is 17.0 Å². The van der Waals surface area contributed by atoms with Gasteiger partial charge in [0.1, 0.15) is 0 Å². The van der Waals surface area contributed by atoms with Crippen LogP contribution in [-0.2, 0) is 10.2 Å². The van der Waals surface area contributed by atoms with Gasteiger partial charge in [0.2, 0.25) is 0 Å². The van der Waals surface area contributed by atoms with Gasteiger partial charge in [-0.25, -0.2) is 0 Å². The van der Waals surface area contributed by atoms with Crippen molar-refractivity contribution >= 4 is 10.2 Å². The number of hydrogen-bond donors (Lipinski definition) is 1. The van der Waals surface area contributed by atoms with E-state index in [1.807, 2.05) is 13.8 Å². The predicted octanol–water partition coefficient (Wildman–Crippen LogP) is 0.632. The molecule has 2 aliphatic rings. The number of nitrogens with zero attached hydrogens (tertiary/aromatic N) is 2. The van der Waals surface area contributed by atoms with E-state index in [2.05, 4.69) is 0 Å². The largest absolute Gasteiger partial charge is 0.328 e. The summed E-state index contributed by atoms with van der Waals surface area (Å²) >= 11 is 0. The van der Waals surface area contributed by atoms with Crippen LogP contribution in [-0.4, -0.2) is 49.2 Å². The van der Waals surface area contributed by atoms with Crippen LogP contribution in [0.25, 0.3) is 0 Å². The number of nitrogens with two attached hydrogens (primary N) is 1. The summed E-state index contributed by atoms with van der Waals surface area (Å²) in [6, 6.07) is 0.266. The monoisotopic (exact) mass is 275 g/mol. The standard InChI is InChI=1S/C12H25N3O2S/c1-3-14(4-2)18(16,17)15-8-10-5-6-12(13)7-11(10)9-15/h10-12H,3-9,13H2,1-2H3/t10-,11+,12?/m0/s1. The van der Waals surface area contributed by atoms with E-state index in [0.29, 0.717) is 38.0 Å². The smallest absolute Gasteiger partial charge is 0.281 e. The molecule has 1 saturated carbocycles. The molecule has 2 fully saturated rings. The zero-order chi connectivity index (χ0) is 13.3. The maximum absolute atomic E-state index is 12.4. The van der Waals surface area contributed by atoms with E-state index in [0.717, 1.165) is 19.3 Å². The Hall–Kier alpha value is -0.170. The first-order valence-corrected chi connectivity index (χ1v) is 8.39. The zero-order valence-corrected chi connectivity index (χ0v) is 12.2. The second-order valence-electron chi connectivity index (χ2n) is 5.50. The van der Waals surface area contributed by atoms with E-state index in [4.69, 9.17) is 5.73 Å². The summed E-state index contributed by atoms with van der Waals surface area (Å²) in [5.74, 6) is 0.995. The first-order chi connectivity index (χ1) is 8.48. The van der Waals surface area contributed by atoms with Gasteiger partial charge in [-0.1, -0.05) is 13.8 Å². The number of fused-ring (bicyclic) bond motifs is 1. The molecule has 0 bridgehead atoms. The highest BCUT2D eigenvalue weighted by Gasteiger charge is 2.42. The van der Waals surface area contributed by atoms with Gasteiger partial charge in [0.25, 0.3) is 10.2 Å². The Morgan fingerprint density at radius 3 is 2.39 bits per heavy atom. The van der Waals surface area contributed by atoms with Crippen LogP contribution in [0.1, 0.15) is 33.1 Å². The second kappa shape index (κ2) is 5.45. The van der Waals surface area contributed by atoms with Crippen LogP contribution in [0.2, 0.25) is 0 Å². The summed E-state index contributed by atoms with van der Waals surface area (Å²) in [6.45, 7) is 6.22. The van der Waals surface area contributed by atoms with Crippen LogP contribution >= 0.6 is 0 Å². The van der Waals surface area contributed by atoms with Gasteiger partial charge in [0.05, 0.1) is 0 Å². The summed E-state index contributed by atoms with van der Waals surface area (Å²) < 4.78 is 28.1. The lowest BCUT2D eigenvalue weighted by Gasteiger charge is -2.28.